The van der Waals surface area contributed by atoms with Gasteiger partial charge in [-0.1, -0.05) is 18.2 Å². The maximum atomic E-state index is 12.9. The molecule has 3 heterocycles. The largest absolute Gasteiger partial charge is 0.619 e. The topological polar surface area (TPSA) is 108 Å². The number of aromatic nitrogens is 3. The van der Waals surface area contributed by atoms with E-state index >= 15 is 0 Å². The van der Waals surface area contributed by atoms with Gasteiger partial charge in [0.25, 0.3) is 0 Å². The summed E-state index contributed by atoms with van der Waals surface area (Å²) in [5, 5.41) is 14.3. The molecule has 0 atom stereocenters. The van der Waals surface area contributed by atoms with Crippen LogP contribution in [0.5, 0.6) is 0 Å². The Balaban J connectivity index is 1.23. The lowest BCUT2D eigenvalue weighted by atomic mass is 9.75. The van der Waals surface area contributed by atoms with Gasteiger partial charge in [-0.25, -0.2) is 19.2 Å². The van der Waals surface area contributed by atoms with E-state index in [4.69, 9.17) is 4.74 Å². The van der Waals surface area contributed by atoms with Crippen LogP contribution < -0.4 is 10.0 Å². The molecule has 8 nitrogen and oxygen atoms in total. The molecule has 1 amide bonds. The summed E-state index contributed by atoms with van der Waals surface area (Å²) in [6, 6.07) is 8.69. The smallest absolute Gasteiger partial charge is 0.345 e. The van der Waals surface area contributed by atoms with Crippen molar-refractivity contribution in [3.05, 3.63) is 77.0 Å². The Kier molecular flexibility index (Phi) is 5.24. The van der Waals surface area contributed by atoms with E-state index in [9.17, 15) is 19.2 Å². The predicted molar refractivity (Wildman–Crippen MR) is 115 cm³/mol. The van der Waals surface area contributed by atoms with Gasteiger partial charge in [-0.15, -0.1) is 0 Å². The fraction of sp³-hybridized carbons (Fsp3) is 0.292. The highest BCUT2D eigenvalue weighted by molar-refractivity contribution is 5.94. The van der Waals surface area contributed by atoms with Crippen LogP contribution in [0.3, 0.4) is 0 Å². The minimum atomic E-state index is -0.774. The summed E-state index contributed by atoms with van der Waals surface area (Å²) in [6.45, 7) is -0.547. The van der Waals surface area contributed by atoms with E-state index in [0.29, 0.717) is 47.1 Å². The van der Waals surface area contributed by atoms with E-state index in [1.54, 1.807) is 36.7 Å². The normalized spacial score (nSPS) is 21.5. The molecule has 1 saturated carbocycles. The third-order valence-corrected chi connectivity index (χ3v) is 6.40. The zero-order valence-corrected chi connectivity index (χ0v) is 17.7. The summed E-state index contributed by atoms with van der Waals surface area (Å²) in [5.74, 6) is -0.755. The van der Waals surface area contributed by atoms with E-state index in [2.05, 4.69) is 15.3 Å². The summed E-state index contributed by atoms with van der Waals surface area (Å²) < 4.78 is 19.1. The van der Waals surface area contributed by atoms with Crippen LogP contribution in [-0.2, 0) is 21.8 Å². The highest BCUT2D eigenvalue weighted by Gasteiger charge is 2.49. The number of hydrogen-bond donors (Lipinski definition) is 1. The number of nitrogens with zero attached hydrogens (tertiary/aromatic N) is 3. The van der Waals surface area contributed by atoms with Gasteiger partial charge in [0.15, 0.2) is 12.4 Å². The van der Waals surface area contributed by atoms with Crippen molar-refractivity contribution < 1.29 is 23.4 Å². The molecule has 0 saturated heterocycles. The number of rotatable bonds is 4. The van der Waals surface area contributed by atoms with E-state index in [1.807, 2.05) is 6.07 Å². The highest BCUT2D eigenvalue weighted by Crippen LogP contribution is 2.47. The van der Waals surface area contributed by atoms with Crippen LogP contribution in [0, 0.1) is 11.1 Å². The van der Waals surface area contributed by atoms with Crippen molar-refractivity contribution in [2.45, 2.75) is 38.0 Å². The summed E-state index contributed by atoms with van der Waals surface area (Å²) in [5.41, 5.74) is 2.33. The van der Waals surface area contributed by atoms with Crippen molar-refractivity contribution in [3.8, 4) is 11.1 Å². The Morgan fingerprint density at radius 3 is 2.70 bits per heavy atom. The number of amides is 1. The number of alkyl halides is 1. The second kappa shape index (κ2) is 8.23. The maximum absolute atomic E-state index is 12.9. The van der Waals surface area contributed by atoms with Gasteiger partial charge < -0.3 is 9.94 Å². The molecular formula is C24H21FN4O4. The van der Waals surface area contributed by atoms with Crippen LogP contribution in [0.25, 0.3) is 11.1 Å². The summed E-state index contributed by atoms with van der Waals surface area (Å²) in [7, 11) is 0. The predicted octanol–water partition coefficient (Wildman–Crippen LogP) is 3.44. The molecule has 1 aliphatic heterocycles. The van der Waals surface area contributed by atoms with Crippen molar-refractivity contribution >= 4 is 17.8 Å². The molecule has 5 rings (SSSR count). The standard InChI is InChI=1S/C24H21FN4O4/c25-11-15-2-1-3-17(10-15)18-12-26-23(27-13-18)28-21(30)16-4-7-24(8-5-16)20-6-9-29(32)14-19(20)22(31)33-24/h1-3,6,9-10,12-14,16H,4-5,7-8,11H2,(H,26,27,28,30). The molecule has 1 fully saturated rings. The molecule has 0 unspecified atom stereocenters. The third kappa shape index (κ3) is 3.90. The summed E-state index contributed by atoms with van der Waals surface area (Å²) in [4.78, 5) is 33.5. The van der Waals surface area contributed by atoms with Gasteiger partial charge in [-0.3, -0.25) is 10.1 Å². The quantitative estimate of drug-likeness (QED) is 0.372. The number of carbonyl (C=O) groups excluding carboxylic acids is 2. The highest BCUT2D eigenvalue weighted by atomic mass is 19.1. The molecule has 1 spiro atoms. The minimum absolute atomic E-state index is 0.188. The van der Waals surface area contributed by atoms with Crippen LogP contribution in [-0.4, -0.2) is 21.8 Å². The van der Waals surface area contributed by atoms with Gasteiger partial charge in [0.05, 0.1) is 0 Å². The van der Waals surface area contributed by atoms with Crippen molar-refractivity contribution in [1.82, 2.24) is 9.97 Å². The number of anilines is 1. The SMILES string of the molecule is O=C1OC2(CCC(C(=O)Nc3ncc(-c4cccc(CF)c4)cn3)CC2)c2cc[n+]([O-])cc21. The average molecular weight is 448 g/mol. The van der Waals surface area contributed by atoms with E-state index in [1.165, 1.54) is 12.4 Å². The lowest BCUT2D eigenvalue weighted by molar-refractivity contribution is -0.605. The molecule has 0 radical (unpaired) electrons. The maximum Gasteiger partial charge on any atom is 0.345 e. The fourth-order valence-electron chi connectivity index (χ4n) is 4.63. The second-order valence-corrected chi connectivity index (χ2v) is 8.41. The number of hydrogen-bond acceptors (Lipinski definition) is 6. The van der Waals surface area contributed by atoms with Gasteiger partial charge in [0.2, 0.25) is 11.9 Å². The summed E-state index contributed by atoms with van der Waals surface area (Å²) >= 11 is 0. The first-order chi connectivity index (χ1) is 16.0. The van der Waals surface area contributed by atoms with E-state index in [0.717, 1.165) is 11.1 Å². The van der Waals surface area contributed by atoms with Crippen LogP contribution >= 0.6 is 0 Å². The number of halogens is 1. The molecule has 3 aromatic rings. The Hall–Kier alpha value is -3.88. The van der Waals surface area contributed by atoms with Gasteiger partial charge in [-0.2, -0.15) is 4.73 Å². The fourth-order valence-corrected chi connectivity index (χ4v) is 4.63. The Labute approximate surface area is 189 Å². The summed E-state index contributed by atoms with van der Waals surface area (Å²) in [6.07, 6.45) is 7.82. The molecule has 168 valence electrons. The zero-order chi connectivity index (χ0) is 23.0. The molecular weight excluding hydrogens is 427 g/mol. The number of benzene rings is 1. The monoisotopic (exact) mass is 448 g/mol. The minimum Gasteiger partial charge on any atom is -0.619 e. The number of fused-ring (bicyclic) bond motifs is 2. The number of esters is 1. The zero-order valence-electron chi connectivity index (χ0n) is 17.7. The molecule has 2 aromatic heterocycles. The van der Waals surface area contributed by atoms with Gasteiger partial charge in [-0.05, 0) is 42.9 Å². The molecule has 33 heavy (non-hydrogen) atoms. The lowest BCUT2D eigenvalue weighted by Gasteiger charge is -2.35. The third-order valence-electron chi connectivity index (χ3n) is 6.40. The number of pyridine rings is 1. The number of nitrogens with one attached hydrogen (secondary N) is 1. The van der Waals surface area contributed by atoms with Gasteiger partial charge in [0.1, 0.15) is 17.8 Å². The molecule has 1 aliphatic carbocycles. The Morgan fingerprint density at radius 2 is 1.97 bits per heavy atom. The first-order valence-electron chi connectivity index (χ1n) is 10.7. The van der Waals surface area contributed by atoms with Gasteiger partial charge >= 0.3 is 5.97 Å². The molecule has 1 N–H and O–H groups in total. The second-order valence-electron chi connectivity index (χ2n) is 8.41. The van der Waals surface area contributed by atoms with Crippen molar-refractivity contribution in [3.63, 3.8) is 0 Å². The van der Waals surface area contributed by atoms with Crippen LogP contribution in [0.15, 0.2) is 55.1 Å². The first kappa shape index (κ1) is 21.0. The number of carbonyl (C=O) groups is 2. The first-order valence-corrected chi connectivity index (χ1v) is 10.7. The van der Waals surface area contributed by atoms with Crippen molar-refractivity contribution in [2.24, 2.45) is 5.92 Å². The van der Waals surface area contributed by atoms with E-state index in [-0.39, 0.29) is 17.8 Å². The van der Waals surface area contributed by atoms with Crippen molar-refractivity contribution in [2.75, 3.05) is 5.32 Å². The Bertz CT molecular complexity index is 1220. The Morgan fingerprint density at radius 1 is 1.21 bits per heavy atom. The molecule has 1 aromatic carbocycles. The average Bonchev–Trinajstić information content (AvgIpc) is 3.10. The lowest BCUT2D eigenvalue weighted by Crippen LogP contribution is -2.36. The van der Waals surface area contributed by atoms with Crippen molar-refractivity contribution in [1.29, 1.82) is 0 Å². The van der Waals surface area contributed by atoms with Crippen LogP contribution in [0.2, 0.25) is 0 Å². The van der Waals surface area contributed by atoms with E-state index < -0.39 is 18.2 Å². The van der Waals surface area contributed by atoms with Crippen LogP contribution in [0.4, 0.5) is 10.3 Å². The molecule has 9 heteroatoms. The molecule has 0 bridgehead atoms. The number of ether oxygens (including phenoxy) is 1. The van der Waals surface area contributed by atoms with Gasteiger partial charge in [0, 0.05) is 35.5 Å². The van der Waals surface area contributed by atoms with Crippen LogP contribution in [0.1, 0.15) is 47.2 Å². The molecule has 2 aliphatic rings.